The number of carbonyl (C=O) groups excluding carboxylic acids is 1. The van der Waals surface area contributed by atoms with Gasteiger partial charge in [0.05, 0.1) is 12.7 Å². The first kappa shape index (κ1) is 18.5. The lowest BCUT2D eigenvalue weighted by atomic mass is 9.49. The molecule has 0 aromatic heterocycles. The van der Waals surface area contributed by atoms with Gasteiger partial charge < -0.3 is 19.7 Å². The van der Waals surface area contributed by atoms with Crippen LogP contribution in [0, 0.1) is 28.6 Å². The van der Waals surface area contributed by atoms with Crippen molar-refractivity contribution >= 4 is 5.97 Å². The van der Waals surface area contributed by atoms with Gasteiger partial charge in [0.15, 0.2) is 6.29 Å². The van der Waals surface area contributed by atoms with Crippen molar-refractivity contribution in [3.63, 3.8) is 0 Å². The normalized spacial score (nSPS) is 50.3. The molecule has 8 atom stereocenters. The van der Waals surface area contributed by atoms with E-state index in [-0.39, 0.29) is 28.8 Å². The van der Waals surface area contributed by atoms with Crippen LogP contribution in [-0.2, 0) is 14.3 Å². The first-order valence-electron chi connectivity index (χ1n) is 10.2. The lowest BCUT2D eigenvalue weighted by molar-refractivity contribution is -0.182. The molecule has 2 saturated carbocycles. The zero-order valence-electron chi connectivity index (χ0n) is 16.1. The molecule has 0 aromatic carbocycles. The van der Waals surface area contributed by atoms with Gasteiger partial charge in [0.1, 0.15) is 6.10 Å². The molecule has 3 fully saturated rings. The Morgan fingerprint density at radius 3 is 2.77 bits per heavy atom. The quantitative estimate of drug-likeness (QED) is 0.582. The van der Waals surface area contributed by atoms with Crippen molar-refractivity contribution in [3.8, 4) is 0 Å². The summed E-state index contributed by atoms with van der Waals surface area (Å²) in [7, 11) is 0. The fourth-order valence-electron chi connectivity index (χ4n) is 6.56. The highest BCUT2D eigenvalue weighted by Gasteiger charge is 2.61. The maximum absolute atomic E-state index is 11.9. The van der Waals surface area contributed by atoms with Gasteiger partial charge in [-0.25, -0.2) is 0 Å². The van der Waals surface area contributed by atoms with Gasteiger partial charge in [-0.15, -0.1) is 0 Å². The molecule has 5 heteroatoms. The summed E-state index contributed by atoms with van der Waals surface area (Å²) >= 11 is 0. The molecule has 4 rings (SSSR count). The Bertz CT molecular complexity index is 616. The van der Waals surface area contributed by atoms with Crippen LogP contribution in [0.15, 0.2) is 11.6 Å². The molecular weight excluding hydrogens is 332 g/mol. The summed E-state index contributed by atoms with van der Waals surface area (Å²) in [6.07, 6.45) is 5.53. The first-order valence-corrected chi connectivity index (χ1v) is 10.2. The Hall–Kier alpha value is -0.910. The third kappa shape index (κ3) is 2.58. The van der Waals surface area contributed by atoms with E-state index in [9.17, 15) is 15.0 Å². The molecule has 0 bridgehead atoms. The summed E-state index contributed by atoms with van der Waals surface area (Å²) in [5, 5.41) is 20.9. The minimum absolute atomic E-state index is 0.0317. The smallest absolute Gasteiger partial charge is 0.305 e. The monoisotopic (exact) mass is 364 g/mol. The molecular formula is C21H32O5. The molecule has 1 heterocycles. The molecule has 5 nitrogen and oxygen atoms in total. The Morgan fingerprint density at radius 2 is 2.04 bits per heavy atom. The van der Waals surface area contributed by atoms with Gasteiger partial charge in [0.25, 0.3) is 0 Å². The van der Waals surface area contributed by atoms with Crippen LogP contribution in [0.5, 0.6) is 0 Å². The molecule has 4 unspecified atom stereocenters. The number of aliphatic hydroxyl groups is 2. The Morgan fingerprint density at radius 1 is 1.27 bits per heavy atom. The minimum atomic E-state index is -0.753. The average molecular weight is 364 g/mol. The number of fused-ring (bicyclic) bond motifs is 5. The zero-order chi connectivity index (χ0) is 18.7. The maximum Gasteiger partial charge on any atom is 0.305 e. The van der Waals surface area contributed by atoms with Gasteiger partial charge in [-0.2, -0.15) is 0 Å². The molecule has 4 aliphatic rings. The molecule has 1 saturated heterocycles. The lowest BCUT2D eigenvalue weighted by Crippen LogP contribution is -2.57. The van der Waals surface area contributed by atoms with Crippen LogP contribution < -0.4 is 0 Å². The Labute approximate surface area is 155 Å². The molecule has 146 valence electrons. The van der Waals surface area contributed by atoms with Gasteiger partial charge in [-0.05, 0) is 43.4 Å². The number of aliphatic hydroxyl groups excluding tert-OH is 2. The zero-order valence-corrected chi connectivity index (χ0v) is 16.1. The maximum atomic E-state index is 11.9. The number of hydrogen-bond donors (Lipinski definition) is 2. The fourth-order valence-corrected chi connectivity index (χ4v) is 6.56. The first-order chi connectivity index (χ1) is 12.3. The van der Waals surface area contributed by atoms with Crippen LogP contribution in [0.25, 0.3) is 0 Å². The van der Waals surface area contributed by atoms with Crippen LogP contribution in [0.3, 0.4) is 0 Å². The van der Waals surface area contributed by atoms with E-state index < -0.39 is 12.4 Å². The molecule has 26 heavy (non-hydrogen) atoms. The molecule has 0 spiro atoms. The van der Waals surface area contributed by atoms with Crippen LogP contribution in [0.1, 0.15) is 59.3 Å². The highest BCUT2D eigenvalue weighted by atomic mass is 16.6. The topological polar surface area (TPSA) is 76.0 Å². The van der Waals surface area contributed by atoms with E-state index in [4.69, 9.17) is 9.47 Å². The summed E-state index contributed by atoms with van der Waals surface area (Å²) < 4.78 is 11.4. The summed E-state index contributed by atoms with van der Waals surface area (Å²) in [4.78, 5) is 11.9. The van der Waals surface area contributed by atoms with E-state index in [1.165, 1.54) is 0 Å². The van der Waals surface area contributed by atoms with Gasteiger partial charge in [0.2, 0.25) is 0 Å². The molecule has 0 radical (unpaired) electrons. The number of ether oxygens (including phenoxy) is 2. The Balaban J connectivity index is 1.64. The van der Waals surface area contributed by atoms with Crippen molar-refractivity contribution in [2.45, 2.75) is 77.8 Å². The van der Waals surface area contributed by atoms with Crippen LogP contribution in [0.4, 0.5) is 0 Å². The number of rotatable bonds is 2. The van der Waals surface area contributed by atoms with Crippen molar-refractivity contribution in [2.75, 3.05) is 6.61 Å². The third-order valence-corrected chi connectivity index (χ3v) is 8.10. The number of hydrogen-bond acceptors (Lipinski definition) is 5. The van der Waals surface area contributed by atoms with Crippen molar-refractivity contribution in [2.24, 2.45) is 28.6 Å². The minimum Gasteiger partial charge on any atom is -0.462 e. The van der Waals surface area contributed by atoms with Gasteiger partial charge in [-0.1, -0.05) is 32.4 Å². The summed E-state index contributed by atoms with van der Waals surface area (Å²) in [6.45, 7) is 6.85. The van der Waals surface area contributed by atoms with Crippen LogP contribution in [-0.4, -0.2) is 41.3 Å². The molecule has 0 amide bonds. The lowest BCUT2D eigenvalue weighted by Gasteiger charge is -2.58. The van der Waals surface area contributed by atoms with Crippen molar-refractivity contribution in [3.05, 3.63) is 11.6 Å². The van der Waals surface area contributed by atoms with Crippen molar-refractivity contribution in [1.29, 1.82) is 0 Å². The van der Waals surface area contributed by atoms with Crippen LogP contribution in [0.2, 0.25) is 0 Å². The van der Waals surface area contributed by atoms with Gasteiger partial charge in [-0.3, -0.25) is 4.79 Å². The summed E-state index contributed by atoms with van der Waals surface area (Å²) in [5.74, 6) is 0.759. The van der Waals surface area contributed by atoms with E-state index in [0.717, 1.165) is 31.3 Å². The number of carbonyl (C=O) groups is 1. The molecule has 0 aromatic rings. The summed E-state index contributed by atoms with van der Waals surface area (Å²) in [5.41, 5.74) is 0.993. The highest BCUT2D eigenvalue weighted by molar-refractivity contribution is 5.69. The van der Waals surface area contributed by atoms with E-state index in [1.54, 1.807) is 0 Å². The van der Waals surface area contributed by atoms with Crippen molar-refractivity contribution < 1.29 is 24.5 Å². The van der Waals surface area contributed by atoms with E-state index in [2.05, 4.69) is 13.8 Å². The largest absolute Gasteiger partial charge is 0.462 e. The van der Waals surface area contributed by atoms with Crippen LogP contribution >= 0.6 is 0 Å². The average Bonchev–Trinajstić information content (AvgIpc) is 2.93. The van der Waals surface area contributed by atoms with E-state index in [0.29, 0.717) is 31.3 Å². The summed E-state index contributed by atoms with van der Waals surface area (Å²) in [6, 6.07) is 0. The highest BCUT2D eigenvalue weighted by Crippen LogP contribution is 2.64. The third-order valence-electron chi connectivity index (χ3n) is 8.10. The Kier molecular flexibility index (Phi) is 4.48. The number of esters is 1. The van der Waals surface area contributed by atoms with Gasteiger partial charge >= 0.3 is 5.97 Å². The van der Waals surface area contributed by atoms with E-state index in [1.807, 2.05) is 13.0 Å². The van der Waals surface area contributed by atoms with E-state index >= 15 is 0 Å². The SMILES string of the molecule is CCC(=O)O[C@H]1CCC2C3C(O)C=C4C[C@@H](O)OC[C@]4(C)C3CC[C@@]21C. The predicted octanol–water partition coefficient (Wildman–Crippen LogP) is 2.80. The second-order valence-electron chi connectivity index (χ2n) is 9.31. The standard InChI is InChI=1S/C21H32O5/c1-4-17(23)26-16-6-5-13-19-14(7-8-20(13,16)2)21(3)11-25-18(24)10-12(21)9-15(19)22/h9,13-16,18-19,22,24H,4-8,10-11H2,1-3H3/t13?,14?,15?,16-,18-,19?,20-,21-/m0/s1. The van der Waals surface area contributed by atoms with Crippen molar-refractivity contribution in [1.82, 2.24) is 0 Å². The molecule has 1 aliphatic heterocycles. The second-order valence-corrected chi connectivity index (χ2v) is 9.31. The molecule has 2 N–H and O–H groups in total. The fraction of sp³-hybridized carbons (Fsp3) is 0.857. The van der Waals surface area contributed by atoms with Gasteiger partial charge in [0, 0.05) is 23.7 Å². The molecule has 3 aliphatic carbocycles. The second kappa shape index (κ2) is 6.32. The predicted molar refractivity (Wildman–Crippen MR) is 96.0 cm³/mol.